The molecule has 3 rings (SSSR count). The number of rotatable bonds is 7. The molecule has 2 aromatic rings. The number of hydrogen-bond donors (Lipinski definition) is 1. The second-order valence-corrected chi connectivity index (χ2v) is 13.2. The molecule has 0 fully saturated rings. The highest BCUT2D eigenvalue weighted by Crippen LogP contribution is 2.29. The number of benzene rings is 2. The normalized spacial score (nSPS) is 22.0. The Labute approximate surface area is 243 Å². The number of aliphatic hydroxyl groups is 1. The van der Waals surface area contributed by atoms with Crippen LogP contribution in [0.1, 0.15) is 50.4 Å². The second kappa shape index (κ2) is 14.4. The molecule has 4 atom stereocenters. The van der Waals surface area contributed by atoms with Gasteiger partial charge < -0.3 is 24.4 Å². The predicted molar refractivity (Wildman–Crippen MR) is 157 cm³/mol. The van der Waals surface area contributed by atoms with Gasteiger partial charge in [0.25, 0.3) is 5.91 Å². The summed E-state index contributed by atoms with van der Waals surface area (Å²) >= 11 is 0. The fourth-order valence-corrected chi connectivity index (χ4v) is 5.97. The van der Waals surface area contributed by atoms with Gasteiger partial charge in [-0.25, -0.2) is 12.8 Å². The van der Waals surface area contributed by atoms with E-state index in [0.29, 0.717) is 17.9 Å². The Morgan fingerprint density at radius 1 is 1.10 bits per heavy atom. The van der Waals surface area contributed by atoms with Crippen LogP contribution in [0.4, 0.5) is 10.1 Å². The first-order chi connectivity index (χ1) is 19.3. The van der Waals surface area contributed by atoms with Crippen molar-refractivity contribution < 1.29 is 32.2 Å². The van der Waals surface area contributed by atoms with E-state index in [1.807, 2.05) is 45.0 Å². The lowest BCUT2D eigenvalue weighted by Gasteiger charge is -2.35. The molecule has 2 aromatic carbocycles. The van der Waals surface area contributed by atoms with Crippen molar-refractivity contribution in [2.75, 3.05) is 52.3 Å². The first kappa shape index (κ1) is 32.8. The van der Waals surface area contributed by atoms with Gasteiger partial charge in [-0.15, -0.1) is 0 Å². The number of likely N-dealkylation sites (N-methyl/N-ethyl adjacent to an activating group) is 1. The minimum atomic E-state index is -3.90. The lowest BCUT2D eigenvalue weighted by Crippen LogP contribution is -2.48. The molecule has 1 heterocycles. The van der Waals surface area contributed by atoms with Crippen LogP contribution >= 0.6 is 0 Å². The van der Waals surface area contributed by atoms with E-state index in [9.17, 15) is 22.7 Å². The maximum Gasteiger partial charge on any atom is 0.258 e. The van der Waals surface area contributed by atoms with E-state index in [1.54, 1.807) is 17.9 Å². The van der Waals surface area contributed by atoms with E-state index in [2.05, 4.69) is 0 Å². The smallest absolute Gasteiger partial charge is 0.258 e. The van der Waals surface area contributed by atoms with E-state index in [1.165, 1.54) is 23.5 Å². The summed E-state index contributed by atoms with van der Waals surface area (Å²) in [6.07, 6.45) is 1.66. The number of amides is 1. The molecule has 1 N–H and O–H groups in total. The third-order valence-electron chi connectivity index (χ3n) is 7.51. The molecular formula is C30H44FN3O6S. The van der Waals surface area contributed by atoms with Crippen LogP contribution in [-0.2, 0) is 14.8 Å². The van der Waals surface area contributed by atoms with Gasteiger partial charge in [0.05, 0.1) is 35.3 Å². The number of halogens is 1. The quantitative estimate of drug-likeness (QED) is 0.518. The van der Waals surface area contributed by atoms with Gasteiger partial charge in [-0.1, -0.05) is 6.92 Å². The number of carbonyl (C=O) groups is 1. The molecule has 0 spiro atoms. The summed E-state index contributed by atoms with van der Waals surface area (Å²) in [6, 6.07) is 9.73. The Hall–Kier alpha value is -2.73. The van der Waals surface area contributed by atoms with Crippen molar-refractivity contribution in [2.45, 2.75) is 63.2 Å². The van der Waals surface area contributed by atoms with Crippen LogP contribution in [0.3, 0.4) is 0 Å². The highest BCUT2D eigenvalue weighted by Gasteiger charge is 2.32. The van der Waals surface area contributed by atoms with Crippen LogP contribution < -0.4 is 9.64 Å². The van der Waals surface area contributed by atoms with Crippen LogP contribution in [0, 0.1) is 11.7 Å². The standard InChI is InChI=1S/C30H44FN3O6S/c1-21-18-34(22(2)20-35)30(36)27-17-25(32(4)5)12-15-28(27)40-23(3)9-7-8-16-39-29(21)19-33(6)41(37,38)26-13-10-24(31)11-14-26/h10-15,17,21-23,29,35H,7-9,16,18-20H2,1-6H3/t21-,22+,23-,29+/m1/s1. The molecule has 228 valence electrons. The van der Waals surface area contributed by atoms with Gasteiger partial charge in [0.2, 0.25) is 10.0 Å². The van der Waals surface area contributed by atoms with E-state index in [0.717, 1.165) is 37.1 Å². The SMILES string of the molecule is C[C@@H]1CCCCO[C@@H](CN(C)S(=O)(=O)c2ccc(F)cc2)[C@H](C)CN([C@@H](C)CO)C(=O)c2cc(N(C)C)ccc2O1. The van der Waals surface area contributed by atoms with Crippen molar-refractivity contribution in [3.63, 3.8) is 0 Å². The zero-order valence-corrected chi connectivity index (χ0v) is 25.7. The summed E-state index contributed by atoms with van der Waals surface area (Å²) in [5, 5.41) is 10.1. The largest absolute Gasteiger partial charge is 0.490 e. The number of sulfonamides is 1. The predicted octanol–water partition coefficient (Wildman–Crippen LogP) is 4.01. The zero-order valence-electron chi connectivity index (χ0n) is 24.9. The molecule has 0 radical (unpaired) electrons. The molecule has 1 aliphatic rings. The van der Waals surface area contributed by atoms with Crippen molar-refractivity contribution in [1.82, 2.24) is 9.21 Å². The van der Waals surface area contributed by atoms with Gasteiger partial charge >= 0.3 is 0 Å². The van der Waals surface area contributed by atoms with Crippen LogP contribution in [0.2, 0.25) is 0 Å². The molecule has 1 amide bonds. The lowest BCUT2D eigenvalue weighted by atomic mass is 10.0. The molecule has 1 aliphatic heterocycles. The van der Waals surface area contributed by atoms with E-state index in [4.69, 9.17) is 9.47 Å². The minimum Gasteiger partial charge on any atom is -0.490 e. The van der Waals surface area contributed by atoms with Gasteiger partial charge in [-0.05, 0) is 75.6 Å². The highest BCUT2D eigenvalue weighted by molar-refractivity contribution is 7.89. The van der Waals surface area contributed by atoms with Crippen molar-refractivity contribution >= 4 is 21.6 Å². The summed E-state index contributed by atoms with van der Waals surface area (Å²) in [6.45, 7) is 6.08. The second-order valence-electron chi connectivity index (χ2n) is 11.1. The van der Waals surface area contributed by atoms with Crippen LogP contribution in [0.5, 0.6) is 5.75 Å². The monoisotopic (exact) mass is 593 g/mol. The first-order valence-electron chi connectivity index (χ1n) is 14.1. The van der Waals surface area contributed by atoms with Crippen LogP contribution in [0.15, 0.2) is 47.4 Å². The molecule has 41 heavy (non-hydrogen) atoms. The molecule has 0 unspecified atom stereocenters. The number of anilines is 1. The minimum absolute atomic E-state index is 0.0112. The molecule has 0 aromatic heterocycles. The van der Waals surface area contributed by atoms with Crippen molar-refractivity contribution in [3.05, 3.63) is 53.8 Å². The molecule has 0 saturated carbocycles. The van der Waals surface area contributed by atoms with Gasteiger partial charge in [0.15, 0.2) is 0 Å². The van der Waals surface area contributed by atoms with Crippen LogP contribution in [-0.4, -0.2) is 94.3 Å². The Kier molecular flexibility index (Phi) is 11.5. The molecular weight excluding hydrogens is 549 g/mol. The summed E-state index contributed by atoms with van der Waals surface area (Å²) in [4.78, 5) is 17.6. The van der Waals surface area contributed by atoms with Crippen molar-refractivity contribution in [1.29, 1.82) is 0 Å². The van der Waals surface area contributed by atoms with Crippen molar-refractivity contribution in [2.24, 2.45) is 5.92 Å². The van der Waals surface area contributed by atoms with Crippen LogP contribution in [0.25, 0.3) is 0 Å². The number of ether oxygens (including phenoxy) is 2. The molecule has 0 saturated heterocycles. The fraction of sp³-hybridized carbons (Fsp3) is 0.567. The average molecular weight is 594 g/mol. The number of hydrogen-bond acceptors (Lipinski definition) is 7. The third kappa shape index (κ3) is 8.41. The zero-order chi connectivity index (χ0) is 30.3. The third-order valence-corrected chi connectivity index (χ3v) is 9.35. The number of fused-ring (bicyclic) bond motifs is 1. The summed E-state index contributed by atoms with van der Waals surface area (Å²) in [5.74, 6) is -0.600. The van der Waals surface area contributed by atoms with E-state index in [-0.39, 0.29) is 42.5 Å². The highest BCUT2D eigenvalue weighted by atomic mass is 32.2. The average Bonchev–Trinajstić information content (AvgIpc) is 2.93. The Morgan fingerprint density at radius 2 is 1.78 bits per heavy atom. The summed E-state index contributed by atoms with van der Waals surface area (Å²) in [7, 11) is 1.36. The lowest BCUT2D eigenvalue weighted by molar-refractivity contribution is -0.00833. The number of carbonyl (C=O) groups excluding carboxylic acids is 1. The Morgan fingerprint density at radius 3 is 2.41 bits per heavy atom. The van der Waals surface area contributed by atoms with E-state index >= 15 is 0 Å². The molecule has 11 heteroatoms. The van der Waals surface area contributed by atoms with Gasteiger partial charge in [0, 0.05) is 52.4 Å². The topological polar surface area (TPSA) is 99.6 Å². The first-order valence-corrected chi connectivity index (χ1v) is 15.5. The number of aliphatic hydroxyl groups excluding tert-OH is 1. The Bertz CT molecular complexity index is 1260. The van der Waals surface area contributed by atoms with E-state index < -0.39 is 28.0 Å². The Balaban J connectivity index is 1.96. The van der Waals surface area contributed by atoms with Crippen molar-refractivity contribution in [3.8, 4) is 5.75 Å². The summed E-state index contributed by atoms with van der Waals surface area (Å²) in [5.41, 5.74) is 1.24. The molecule has 0 aliphatic carbocycles. The summed E-state index contributed by atoms with van der Waals surface area (Å²) < 4.78 is 53.6. The van der Waals surface area contributed by atoms with Gasteiger partial charge in [0.1, 0.15) is 11.6 Å². The maximum absolute atomic E-state index is 14.1. The fourth-order valence-electron chi connectivity index (χ4n) is 4.79. The maximum atomic E-state index is 14.1. The van der Waals surface area contributed by atoms with Gasteiger partial charge in [-0.2, -0.15) is 4.31 Å². The number of nitrogens with zero attached hydrogens (tertiary/aromatic N) is 3. The molecule has 9 nitrogen and oxygen atoms in total. The molecule has 0 bridgehead atoms. The van der Waals surface area contributed by atoms with Gasteiger partial charge in [-0.3, -0.25) is 4.79 Å².